The Hall–Kier alpha value is -2.43. The second-order valence-corrected chi connectivity index (χ2v) is 5.72. The Morgan fingerprint density at radius 2 is 2.13 bits per heavy atom. The van der Waals surface area contributed by atoms with Crippen LogP contribution >= 0.6 is 0 Å². The van der Waals surface area contributed by atoms with E-state index in [1.165, 1.54) is 11.1 Å². The van der Waals surface area contributed by atoms with Crippen LogP contribution in [0.3, 0.4) is 0 Å². The van der Waals surface area contributed by atoms with Gasteiger partial charge in [-0.15, -0.1) is 0 Å². The first kappa shape index (κ1) is 15.5. The van der Waals surface area contributed by atoms with Gasteiger partial charge in [0, 0.05) is 18.8 Å². The molecule has 23 heavy (non-hydrogen) atoms. The lowest BCUT2D eigenvalue weighted by molar-refractivity contribution is 0.0932. The molecule has 120 valence electrons. The van der Waals surface area contributed by atoms with E-state index < -0.39 is 0 Å². The van der Waals surface area contributed by atoms with Crippen LogP contribution in [-0.2, 0) is 12.8 Å². The third-order valence-corrected chi connectivity index (χ3v) is 4.25. The molecule has 1 aromatic carbocycles. The zero-order chi connectivity index (χ0) is 16.2. The number of amides is 1. The Labute approximate surface area is 136 Å². The Balaban J connectivity index is 1.77. The first-order valence-electron chi connectivity index (χ1n) is 8.00. The summed E-state index contributed by atoms with van der Waals surface area (Å²) in [5, 5.41) is 3.11. The van der Waals surface area contributed by atoms with Crippen LogP contribution in [-0.4, -0.2) is 23.0 Å². The van der Waals surface area contributed by atoms with Crippen LogP contribution in [0.5, 0.6) is 5.75 Å². The fourth-order valence-electron chi connectivity index (χ4n) is 2.96. The number of carbonyl (C=O) groups is 1. The van der Waals surface area contributed by atoms with Crippen LogP contribution in [0.4, 0.5) is 0 Å². The number of nitrogens with one attached hydrogen (secondary N) is 1. The molecule has 1 amide bonds. The van der Waals surface area contributed by atoms with Crippen LogP contribution in [0.2, 0.25) is 0 Å². The summed E-state index contributed by atoms with van der Waals surface area (Å²) < 4.78 is 5.28. The van der Waals surface area contributed by atoms with Crippen molar-refractivity contribution in [3.05, 3.63) is 53.1 Å². The maximum atomic E-state index is 12.4. The maximum Gasteiger partial charge on any atom is 0.254 e. The number of aromatic nitrogens is 2. The van der Waals surface area contributed by atoms with Crippen LogP contribution < -0.4 is 10.1 Å². The molecular weight excluding hydrogens is 290 g/mol. The molecule has 0 fully saturated rings. The predicted octanol–water partition coefficient (Wildman–Crippen LogP) is 2.86. The molecule has 0 spiro atoms. The zero-order valence-corrected chi connectivity index (χ0v) is 13.5. The van der Waals surface area contributed by atoms with Gasteiger partial charge in [0.1, 0.15) is 11.6 Å². The van der Waals surface area contributed by atoms with Crippen LogP contribution in [0.15, 0.2) is 30.6 Å². The molecule has 1 heterocycles. The molecule has 5 nitrogen and oxygen atoms in total. The third kappa shape index (κ3) is 3.33. The largest absolute Gasteiger partial charge is 0.497 e. The maximum absolute atomic E-state index is 12.4. The number of rotatable bonds is 4. The third-order valence-electron chi connectivity index (χ3n) is 4.25. The van der Waals surface area contributed by atoms with Gasteiger partial charge in [-0.3, -0.25) is 4.79 Å². The quantitative estimate of drug-likeness (QED) is 0.943. The van der Waals surface area contributed by atoms with Crippen molar-refractivity contribution in [3.63, 3.8) is 0 Å². The van der Waals surface area contributed by atoms with E-state index in [4.69, 9.17) is 4.74 Å². The van der Waals surface area contributed by atoms with E-state index in [1.807, 2.05) is 13.0 Å². The zero-order valence-electron chi connectivity index (χ0n) is 13.5. The lowest BCUT2D eigenvalue weighted by Crippen LogP contribution is -2.31. The molecule has 1 N–H and O–H groups in total. The summed E-state index contributed by atoms with van der Waals surface area (Å²) >= 11 is 0. The minimum absolute atomic E-state index is 0.0306. The van der Waals surface area contributed by atoms with E-state index >= 15 is 0 Å². The molecule has 1 aliphatic rings. The Morgan fingerprint density at radius 3 is 2.83 bits per heavy atom. The van der Waals surface area contributed by atoms with Gasteiger partial charge in [0.05, 0.1) is 18.7 Å². The van der Waals surface area contributed by atoms with Crippen molar-refractivity contribution in [2.75, 3.05) is 7.11 Å². The number of hydrogen-bond donors (Lipinski definition) is 1. The molecule has 0 saturated heterocycles. The Bertz CT molecular complexity index is 698. The Morgan fingerprint density at radius 1 is 1.35 bits per heavy atom. The standard InChI is InChI=1S/C18H21N3O2/c1-3-17-19-10-13(11-20-17)18(22)21-16-6-4-5-12-9-14(23-2)7-8-15(12)16/h7-11,16H,3-6H2,1-2H3,(H,21,22)/t16-/m1/s1. The van der Waals surface area contributed by atoms with E-state index in [1.54, 1.807) is 19.5 Å². The number of methoxy groups -OCH3 is 1. The van der Waals surface area contributed by atoms with E-state index in [9.17, 15) is 4.79 Å². The number of ether oxygens (including phenoxy) is 1. The summed E-state index contributed by atoms with van der Waals surface area (Å²) in [5.41, 5.74) is 2.93. The summed E-state index contributed by atoms with van der Waals surface area (Å²) in [7, 11) is 1.67. The summed E-state index contributed by atoms with van der Waals surface area (Å²) in [5.74, 6) is 1.48. The SMILES string of the molecule is CCc1ncc(C(=O)N[C@@H]2CCCc3cc(OC)ccc32)cn1. The van der Waals surface area contributed by atoms with E-state index in [-0.39, 0.29) is 11.9 Å². The highest BCUT2D eigenvalue weighted by Crippen LogP contribution is 2.32. The van der Waals surface area contributed by atoms with E-state index in [0.29, 0.717) is 5.56 Å². The number of nitrogens with zero attached hydrogens (tertiary/aromatic N) is 2. The van der Waals surface area contributed by atoms with Crippen molar-refractivity contribution >= 4 is 5.91 Å². The highest BCUT2D eigenvalue weighted by atomic mass is 16.5. The Kier molecular flexibility index (Phi) is 4.55. The smallest absolute Gasteiger partial charge is 0.254 e. The highest BCUT2D eigenvalue weighted by Gasteiger charge is 2.23. The highest BCUT2D eigenvalue weighted by molar-refractivity contribution is 5.93. The molecule has 0 aliphatic heterocycles. The average Bonchev–Trinajstić information content (AvgIpc) is 2.61. The summed E-state index contributed by atoms with van der Waals surface area (Å²) in [6.45, 7) is 1.99. The molecule has 5 heteroatoms. The number of benzene rings is 1. The molecule has 0 saturated carbocycles. The molecule has 0 unspecified atom stereocenters. The van der Waals surface area contributed by atoms with Crippen LogP contribution in [0.25, 0.3) is 0 Å². The first-order valence-corrected chi connectivity index (χ1v) is 8.00. The van der Waals surface area contributed by atoms with Gasteiger partial charge < -0.3 is 10.1 Å². The fourth-order valence-corrected chi connectivity index (χ4v) is 2.96. The van der Waals surface area contributed by atoms with E-state index in [0.717, 1.165) is 37.3 Å². The minimum Gasteiger partial charge on any atom is -0.497 e. The van der Waals surface area contributed by atoms with Gasteiger partial charge in [0.25, 0.3) is 5.91 Å². The van der Waals surface area contributed by atoms with Crippen molar-refractivity contribution in [2.24, 2.45) is 0 Å². The van der Waals surface area contributed by atoms with Gasteiger partial charge in [-0.05, 0) is 42.5 Å². The topological polar surface area (TPSA) is 64.1 Å². The fraction of sp³-hybridized carbons (Fsp3) is 0.389. The van der Waals surface area contributed by atoms with Gasteiger partial charge in [0.2, 0.25) is 0 Å². The molecule has 1 aliphatic carbocycles. The van der Waals surface area contributed by atoms with Gasteiger partial charge in [-0.1, -0.05) is 13.0 Å². The summed E-state index contributed by atoms with van der Waals surface area (Å²) in [6, 6.07) is 6.09. The molecular formula is C18H21N3O2. The number of hydrogen-bond acceptors (Lipinski definition) is 4. The molecule has 0 bridgehead atoms. The van der Waals surface area contributed by atoms with Gasteiger partial charge in [-0.2, -0.15) is 0 Å². The summed E-state index contributed by atoms with van der Waals surface area (Å²) in [4.78, 5) is 20.8. The summed E-state index contributed by atoms with van der Waals surface area (Å²) in [6.07, 6.45) is 6.97. The first-order chi connectivity index (χ1) is 11.2. The van der Waals surface area contributed by atoms with Crippen LogP contribution in [0, 0.1) is 0 Å². The number of fused-ring (bicyclic) bond motifs is 1. The molecule has 1 atom stereocenters. The monoisotopic (exact) mass is 311 g/mol. The van der Waals surface area contributed by atoms with Gasteiger partial charge in [0.15, 0.2) is 0 Å². The van der Waals surface area contributed by atoms with Gasteiger partial charge in [-0.25, -0.2) is 9.97 Å². The van der Waals surface area contributed by atoms with E-state index in [2.05, 4.69) is 27.4 Å². The minimum atomic E-state index is -0.124. The van der Waals surface area contributed by atoms with Crippen molar-refractivity contribution in [3.8, 4) is 5.75 Å². The normalized spacial score (nSPS) is 16.5. The van der Waals surface area contributed by atoms with Crippen molar-refractivity contribution < 1.29 is 9.53 Å². The van der Waals surface area contributed by atoms with Crippen molar-refractivity contribution in [1.82, 2.24) is 15.3 Å². The van der Waals surface area contributed by atoms with Crippen molar-refractivity contribution in [1.29, 1.82) is 0 Å². The average molecular weight is 311 g/mol. The lowest BCUT2D eigenvalue weighted by Gasteiger charge is -2.26. The predicted molar refractivity (Wildman–Crippen MR) is 87.5 cm³/mol. The molecule has 1 aromatic heterocycles. The second-order valence-electron chi connectivity index (χ2n) is 5.72. The van der Waals surface area contributed by atoms with Crippen molar-refractivity contribution in [2.45, 2.75) is 38.6 Å². The number of carbonyl (C=O) groups excluding carboxylic acids is 1. The molecule has 3 rings (SSSR count). The van der Waals surface area contributed by atoms with Crippen LogP contribution in [0.1, 0.15) is 53.1 Å². The molecule has 2 aromatic rings. The number of aryl methyl sites for hydroxylation is 2. The molecule has 0 radical (unpaired) electrons. The lowest BCUT2D eigenvalue weighted by atomic mass is 9.87. The van der Waals surface area contributed by atoms with Gasteiger partial charge >= 0.3 is 0 Å². The second kappa shape index (κ2) is 6.77.